The number of carbonyl (C=O) groups is 2. The molecule has 4 aromatic rings. The number of nitrogens with zero attached hydrogens (tertiary/aromatic N) is 3. The van der Waals surface area contributed by atoms with Gasteiger partial charge in [-0.05, 0) is 66.9 Å². The number of rotatable bonds is 5. The molecule has 0 saturated carbocycles. The monoisotopic (exact) mass is 517 g/mol. The molecule has 1 atom stereocenters. The minimum absolute atomic E-state index is 0.0671. The highest BCUT2D eigenvalue weighted by molar-refractivity contribution is 6.31. The molecule has 5 N–H and O–H groups in total. The van der Waals surface area contributed by atoms with Gasteiger partial charge in [-0.3, -0.25) is 9.59 Å². The number of anilines is 2. The number of benzene rings is 2. The average molecular weight is 518 g/mol. The largest absolute Gasteiger partial charge is 0.477 e. The zero-order valence-electron chi connectivity index (χ0n) is 19.2. The number of nitrogens with one attached hydrogen (secondary N) is 4. The van der Waals surface area contributed by atoms with E-state index in [0.717, 1.165) is 16.9 Å². The molecule has 6 rings (SSSR count). The highest BCUT2D eigenvalue weighted by Gasteiger charge is 2.30. The number of aryl methyl sites for hydroxylation is 1. The molecule has 2 aliphatic rings. The molecule has 0 radical (unpaired) electrons. The van der Waals surface area contributed by atoms with Crippen LogP contribution in [0.5, 0.6) is 0 Å². The lowest BCUT2D eigenvalue weighted by Gasteiger charge is -2.19. The maximum absolute atomic E-state index is 13.3. The molecule has 12 heteroatoms. The van der Waals surface area contributed by atoms with Crippen molar-refractivity contribution in [2.75, 3.05) is 10.3 Å². The molecule has 2 aromatic heterocycles. The molecule has 186 valence electrons. The number of fused-ring (bicyclic) bond motifs is 2. The number of amides is 1. The van der Waals surface area contributed by atoms with Gasteiger partial charge in [0.2, 0.25) is 5.91 Å². The van der Waals surface area contributed by atoms with Gasteiger partial charge in [0, 0.05) is 38.9 Å². The predicted molar refractivity (Wildman–Crippen MR) is 140 cm³/mol. The van der Waals surface area contributed by atoms with Crippen molar-refractivity contribution in [2.24, 2.45) is 5.10 Å². The van der Waals surface area contributed by atoms with Crippen LogP contribution in [-0.4, -0.2) is 32.9 Å². The zero-order chi connectivity index (χ0) is 25.7. The highest BCUT2D eigenvalue weighted by Crippen LogP contribution is 2.35. The minimum Gasteiger partial charge on any atom is -0.477 e. The van der Waals surface area contributed by atoms with Gasteiger partial charge >= 0.3 is 5.97 Å². The topological polar surface area (TPSA) is 144 Å². The van der Waals surface area contributed by atoms with Crippen LogP contribution in [0.3, 0.4) is 0 Å². The van der Waals surface area contributed by atoms with Crippen LogP contribution in [0.1, 0.15) is 28.6 Å². The van der Waals surface area contributed by atoms with Gasteiger partial charge < -0.3 is 20.0 Å². The first-order valence-corrected chi connectivity index (χ1v) is 11.8. The normalized spacial score (nSPS) is 16.1. The van der Waals surface area contributed by atoms with E-state index in [9.17, 15) is 19.5 Å². The lowest BCUT2D eigenvalue weighted by atomic mass is 10.0. The Balaban J connectivity index is 1.29. The zero-order valence-corrected chi connectivity index (χ0v) is 19.9. The van der Waals surface area contributed by atoms with Crippen LogP contribution >= 0.6 is 11.6 Å². The number of carbonyl (C=O) groups excluding carboxylic acids is 1. The first-order chi connectivity index (χ1) is 17.9. The molecule has 0 bridgehead atoms. The van der Waals surface area contributed by atoms with Crippen molar-refractivity contribution in [3.8, 4) is 11.1 Å². The van der Waals surface area contributed by atoms with Crippen molar-refractivity contribution in [1.82, 2.24) is 20.6 Å². The maximum atomic E-state index is 13.3. The Labute approximate surface area is 214 Å². The van der Waals surface area contributed by atoms with E-state index in [1.807, 2.05) is 12.1 Å². The molecular formula is C25H20ClN7O4. The summed E-state index contributed by atoms with van der Waals surface area (Å²) in [4.78, 5) is 40.5. The number of hydrogen-bond acceptors (Lipinski definition) is 7. The number of hydrogen-bond donors (Lipinski definition) is 5. The van der Waals surface area contributed by atoms with Crippen LogP contribution in [0.15, 0.2) is 64.5 Å². The summed E-state index contributed by atoms with van der Waals surface area (Å²) in [6, 6.07) is 14.7. The number of aromatic nitrogens is 2. The van der Waals surface area contributed by atoms with Crippen LogP contribution in [-0.2, 0) is 11.2 Å². The number of carboxylic acids is 1. The summed E-state index contributed by atoms with van der Waals surface area (Å²) in [5.41, 5.74) is 9.40. The Morgan fingerprint density at radius 3 is 2.76 bits per heavy atom. The standard InChI is InChI=1S/C25H20ClN7O4/c26-15-1-5-21(32-12-27-30-31-32)18(11-15)13-8-17-3-6-22(33(17)23(34)10-13)24(35)28-16-2-4-19-14(7-16)9-20(29-19)25(36)37/h1-2,4-5,7-12,22,29-31H,3,6H2,(H,28,35)(H,36,37)/t22-/m0/s1. The quantitative estimate of drug-likeness (QED) is 0.273. The number of aromatic amines is 1. The maximum Gasteiger partial charge on any atom is 0.352 e. The van der Waals surface area contributed by atoms with Crippen LogP contribution in [0, 0.1) is 0 Å². The van der Waals surface area contributed by atoms with Crippen LogP contribution < -0.4 is 27.0 Å². The number of hydrazone groups is 1. The number of halogens is 1. The summed E-state index contributed by atoms with van der Waals surface area (Å²) in [5, 5.41) is 18.8. The van der Waals surface area contributed by atoms with Crippen molar-refractivity contribution in [3.05, 3.63) is 81.4 Å². The first-order valence-electron chi connectivity index (χ1n) is 11.4. The van der Waals surface area contributed by atoms with Crippen molar-refractivity contribution >= 4 is 52.1 Å². The summed E-state index contributed by atoms with van der Waals surface area (Å²) in [6.45, 7) is 0. The molecular weight excluding hydrogens is 498 g/mol. The third kappa shape index (κ3) is 4.09. The van der Waals surface area contributed by atoms with Crippen molar-refractivity contribution in [1.29, 1.82) is 0 Å². The fraction of sp³-hybridized carbons (Fsp3) is 0.120. The van der Waals surface area contributed by atoms with Gasteiger partial charge in [-0.1, -0.05) is 11.6 Å². The molecule has 2 aromatic carbocycles. The van der Waals surface area contributed by atoms with Gasteiger partial charge in [-0.25, -0.2) is 15.3 Å². The summed E-state index contributed by atoms with van der Waals surface area (Å²) < 4.78 is 1.53. The van der Waals surface area contributed by atoms with E-state index < -0.39 is 12.0 Å². The fourth-order valence-corrected chi connectivity index (χ4v) is 4.99. The molecule has 1 amide bonds. The summed E-state index contributed by atoms with van der Waals surface area (Å²) in [5.74, 6) is -1.37. The SMILES string of the molecule is O=C(O)c1cc2cc(NC(=O)[C@@H]3CCc4cc(-c5cc(Cl)ccc5N5C=NNN5)cc(=O)n43)ccc2[nH]1. The van der Waals surface area contributed by atoms with Crippen LogP contribution in [0.2, 0.25) is 5.02 Å². The summed E-state index contributed by atoms with van der Waals surface area (Å²) >= 11 is 6.27. The van der Waals surface area contributed by atoms with Crippen LogP contribution in [0.4, 0.5) is 11.4 Å². The molecule has 11 nitrogen and oxygen atoms in total. The highest BCUT2D eigenvalue weighted by atomic mass is 35.5. The second-order valence-corrected chi connectivity index (χ2v) is 9.21. The Hall–Kier alpha value is -4.61. The van der Waals surface area contributed by atoms with E-state index in [1.54, 1.807) is 41.7 Å². The number of pyridine rings is 1. The molecule has 0 spiro atoms. The third-order valence-corrected chi connectivity index (χ3v) is 6.73. The molecule has 37 heavy (non-hydrogen) atoms. The number of hydrazine groups is 2. The lowest BCUT2D eigenvalue weighted by Crippen LogP contribution is -2.37. The first kappa shape index (κ1) is 22.8. The van der Waals surface area contributed by atoms with E-state index in [-0.39, 0.29) is 17.2 Å². The molecule has 0 aliphatic carbocycles. The van der Waals surface area contributed by atoms with Crippen molar-refractivity contribution in [2.45, 2.75) is 18.9 Å². The fourth-order valence-electron chi connectivity index (χ4n) is 4.82. The summed E-state index contributed by atoms with van der Waals surface area (Å²) in [6.07, 6.45) is 2.61. The van der Waals surface area contributed by atoms with Gasteiger partial charge in [-0.15, -0.1) is 5.53 Å². The Morgan fingerprint density at radius 2 is 1.97 bits per heavy atom. The van der Waals surface area contributed by atoms with Crippen molar-refractivity contribution < 1.29 is 14.7 Å². The van der Waals surface area contributed by atoms with Gasteiger partial charge in [0.15, 0.2) is 0 Å². The van der Waals surface area contributed by atoms with E-state index in [1.165, 1.54) is 16.7 Å². The Morgan fingerprint density at radius 1 is 1.11 bits per heavy atom. The van der Waals surface area contributed by atoms with E-state index in [0.29, 0.717) is 40.0 Å². The number of carboxylic acid groups (broad SMARTS) is 1. The predicted octanol–water partition coefficient (Wildman–Crippen LogP) is 3.25. The van der Waals surface area contributed by atoms with Gasteiger partial charge in [-0.2, -0.15) is 5.10 Å². The Bertz CT molecular complexity index is 1680. The van der Waals surface area contributed by atoms with Crippen molar-refractivity contribution in [3.63, 3.8) is 0 Å². The molecule has 4 heterocycles. The average Bonchev–Trinajstić information content (AvgIpc) is 3.63. The third-order valence-electron chi connectivity index (χ3n) is 6.49. The summed E-state index contributed by atoms with van der Waals surface area (Å²) in [7, 11) is 0. The van der Waals surface area contributed by atoms with E-state index in [4.69, 9.17) is 11.6 Å². The van der Waals surface area contributed by atoms with Gasteiger partial charge in [0.25, 0.3) is 5.56 Å². The molecule has 2 aliphatic heterocycles. The van der Waals surface area contributed by atoms with Crippen LogP contribution in [0.25, 0.3) is 22.0 Å². The molecule has 0 fully saturated rings. The molecule has 0 unspecified atom stereocenters. The van der Waals surface area contributed by atoms with Gasteiger partial charge in [0.1, 0.15) is 18.1 Å². The number of H-pyrrole nitrogens is 1. The Kier molecular flexibility index (Phi) is 5.43. The van der Waals surface area contributed by atoms with E-state index in [2.05, 4.69) is 26.5 Å². The number of aromatic carboxylic acids is 1. The van der Waals surface area contributed by atoms with E-state index >= 15 is 0 Å². The second kappa shape index (κ2) is 8.80. The minimum atomic E-state index is -1.06. The molecule has 0 saturated heterocycles. The second-order valence-electron chi connectivity index (χ2n) is 8.78. The lowest BCUT2D eigenvalue weighted by molar-refractivity contribution is -0.119. The van der Waals surface area contributed by atoms with Gasteiger partial charge in [0.05, 0.1) is 5.69 Å². The smallest absolute Gasteiger partial charge is 0.352 e.